The quantitative estimate of drug-likeness (QED) is 0.734. The van der Waals surface area contributed by atoms with Crippen LogP contribution >= 0.6 is 12.4 Å². The SMILES string of the molecule is Cl.NCCNC(=O)c1ccccc1NC(=O)CC1CCCCO1. The highest BCUT2D eigenvalue weighted by Crippen LogP contribution is 2.18. The Morgan fingerprint density at radius 1 is 1.26 bits per heavy atom. The molecule has 2 rings (SSSR count). The number of carbonyl (C=O) groups is 2. The minimum absolute atomic E-state index is 0. The highest BCUT2D eigenvalue weighted by Gasteiger charge is 2.19. The van der Waals surface area contributed by atoms with Gasteiger partial charge in [-0.05, 0) is 31.4 Å². The van der Waals surface area contributed by atoms with Crippen LogP contribution in [0.4, 0.5) is 5.69 Å². The molecular formula is C16H24ClN3O3. The van der Waals surface area contributed by atoms with Crippen LogP contribution in [-0.2, 0) is 9.53 Å². The van der Waals surface area contributed by atoms with Crippen LogP contribution in [0.2, 0.25) is 0 Å². The van der Waals surface area contributed by atoms with Crippen LogP contribution in [0.15, 0.2) is 24.3 Å². The molecule has 0 aromatic heterocycles. The zero-order valence-corrected chi connectivity index (χ0v) is 13.9. The average molecular weight is 342 g/mol. The lowest BCUT2D eigenvalue weighted by Crippen LogP contribution is -2.30. The van der Waals surface area contributed by atoms with E-state index in [0.29, 0.717) is 30.8 Å². The summed E-state index contributed by atoms with van der Waals surface area (Å²) in [5, 5.41) is 5.51. The normalized spacial score (nSPS) is 17.0. The molecule has 1 atom stereocenters. The molecule has 1 heterocycles. The molecule has 0 spiro atoms. The van der Waals surface area contributed by atoms with E-state index < -0.39 is 0 Å². The van der Waals surface area contributed by atoms with E-state index in [9.17, 15) is 9.59 Å². The first kappa shape index (κ1) is 19.4. The van der Waals surface area contributed by atoms with E-state index in [1.807, 2.05) is 0 Å². The Balaban J connectivity index is 0.00000264. The zero-order chi connectivity index (χ0) is 15.8. The number of nitrogens with one attached hydrogen (secondary N) is 2. The third-order valence-corrected chi connectivity index (χ3v) is 3.56. The molecule has 6 nitrogen and oxygen atoms in total. The minimum atomic E-state index is -0.240. The molecule has 1 aromatic carbocycles. The maximum atomic E-state index is 12.1. The number of para-hydroxylation sites is 1. The number of rotatable bonds is 6. The van der Waals surface area contributed by atoms with Crippen molar-refractivity contribution in [2.24, 2.45) is 5.73 Å². The number of benzene rings is 1. The molecule has 1 aliphatic heterocycles. The van der Waals surface area contributed by atoms with Gasteiger partial charge >= 0.3 is 0 Å². The molecule has 4 N–H and O–H groups in total. The fourth-order valence-corrected chi connectivity index (χ4v) is 2.45. The third-order valence-electron chi connectivity index (χ3n) is 3.56. The number of anilines is 1. The van der Waals surface area contributed by atoms with Gasteiger partial charge in [-0.1, -0.05) is 12.1 Å². The molecule has 0 aliphatic carbocycles. The highest BCUT2D eigenvalue weighted by molar-refractivity contribution is 6.03. The van der Waals surface area contributed by atoms with E-state index in [-0.39, 0.29) is 30.3 Å². The van der Waals surface area contributed by atoms with Gasteiger partial charge in [-0.3, -0.25) is 9.59 Å². The first-order chi connectivity index (χ1) is 10.7. The highest BCUT2D eigenvalue weighted by atomic mass is 35.5. The van der Waals surface area contributed by atoms with E-state index in [0.717, 1.165) is 25.9 Å². The van der Waals surface area contributed by atoms with E-state index in [4.69, 9.17) is 10.5 Å². The van der Waals surface area contributed by atoms with Crippen LogP contribution in [0, 0.1) is 0 Å². The molecule has 1 fully saturated rings. The van der Waals surface area contributed by atoms with Crippen LogP contribution in [0.1, 0.15) is 36.0 Å². The molecule has 1 aliphatic rings. The lowest BCUT2D eigenvalue weighted by Gasteiger charge is -2.22. The summed E-state index contributed by atoms with van der Waals surface area (Å²) >= 11 is 0. The van der Waals surface area contributed by atoms with Gasteiger partial charge in [-0.25, -0.2) is 0 Å². The lowest BCUT2D eigenvalue weighted by atomic mass is 10.1. The molecule has 1 saturated heterocycles. The maximum Gasteiger partial charge on any atom is 0.253 e. The van der Waals surface area contributed by atoms with Gasteiger partial charge in [0.2, 0.25) is 5.91 Å². The summed E-state index contributed by atoms with van der Waals surface area (Å²) in [5.41, 5.74) is 6.33. The van der Waals surface area contributed by atoms with Crippen molar-refractivity contribution >= 4 is 29.9 Å². The topological polar surface area (TPSA) is 93.5 Å². The Hall–Kier alpha value is -1.63. The number of halogens is 1. The summed E-state index contributed by atoms with van der Waals surface area (Å²) in [6, 6.07) is 6.94. The molecule has 128 valence electrons. The molecule has 23 heavy (non-hydrogen) atoms. The smallest absolute Gasteiger partial charge is 0.253 e. The van der Waals surface area contributed by atoms with Gasteiger partial charge in [0.25, 0.3) is 5.91 Å². The van der Waals surface area contributed by atoms with E-state index in [1.165, 1.54) is 0 Å². The number of hydrogen-bond acceptors (Lipinski definition) is 4. The fourth-order valence-electron chi connectivity index (χ4n) is 2.45. The Labute approximate surface area is 142 Å². The van der Waals surface area contributed by atoms with Crippen LogP contribution in [-0.4, -0.2) is 37.6 Å². The van der Waals surface area contributed by atoms with Crippen molar-refractivity contribution in [3.63, 3.8) is 0 Å². The van der Waals surface area contributed by atoms with Gasteiger partial charge in [0.1, 0.15) is 0 Å². The van der Waals surface area contributed by atoms with Gasteiger partial charge in [0.05, 0.1) is 23.8 Å². The number of carbonyl (C=O) groups excluding carboxylic acids is 2. The lowest BCUT2D eigenvalue weighted by molar-refractivity contribution is -0.119. The van der Waals surface area contributed by atoms with Gasteiger partial charge in [0.15, 0.2) is 0 Å². The van der Waals surface area contributed by atoms with E-state index >= 15 is 0 Å². The van der Waals surface area contributed by atoms with Crippen molar-refractivity contribution in [1.82, 2.24) is 5.32 Å². The molecule has 0 saturated carbocycles. The van der Waals surface area contributed by atoms with Gasteiger partial charge < -0.3 is 21.1 Å². The standard InChI is InChI=1S/C16H23N3O3.ClH/c17-8-9-18-16(21)13-6-1-2-7-14(13)19-15(20)11-12-5-3-4-10-22-12;/h1-2,6-7,12H,3-5,8-11,17H2,(H,18,21)(H,19,20);1H. The Morgan fingerprint density at radius 2 is 2.04 bits per heavy atom. The van der Waals surface area contributed by atoms with Crippen molar-refractivity contribution in [2.45, 2.75) is 31.8 Å². The van der Waals surface area contributed by atoms with Crippen molar-refractivity contribution in [3.8, 4) is 0 Å². The molecule has 0 bridgehead atoms. The van der Waals surface area contributed by atoms with Crippen molar-refractivity contribution in [1.29, 1.82) is 0 Å². The third kappa shape index (κ3) is 6.17. The summed E-state index contributed by atoms with van der Waals surface area (Å²) < 4.78 is 5.56. The molecule has 1 unspecified atom stereocenters. The predicted octanol–water partition coefficient (Wildman–Crippen LogP) is 1.69. The van der Waals surface area contributed by atoms with Crippen molar-refractivity contribution in [2.75, 3.05) is 25.0 Å². The molecule has 1 aromatic rings. The van der Waals surface area contributed by atoms with Crippen LogP contribution < -0.4 is 16.4 Å². The summed E-state index contributed by atoms with van der Waals surface area (Å²) in [6.45, 7) is 1.49. The Kier molecular flexibility index (Phi) is 8.61. The minimum Gasteiger partial charge on any atom is -0.378 e. The molecule has 0 radical (unpaired) electrons. The monoisotopic (exact) mass is 341 g/mol. The summed E-state index contributed by atoms with van der Waals surface area (Å²) in [4.78, 5) is 24.2. The second kappa shape index (κ2) is 10.2. The second-order valence-corrected chi connectivity index (χ2v) is 5.33. The van der Waals surface area contributed by atoms with Crippen LogP contribution in [0.5, 0.6) is 0 Å². The van der Waals surface area contributed by atoms with Crippen LogP contribution in [0.25, 0.3) is 0 Å². The van der Waals surface area contributed by atoms with Gasteiger partial charge in [-0.15, -0.1) is 12.4 Å². The summed E-state index contributed by atoms with van der Waals surface area (Å²) in [5.74, 6) is -0.374. The van der Waals surface area contributed by atoms with Crippen molar-refractivity contribution in [3.05, 3.63) is 29.8 Å². The van der Waals surface area contributed by atoms with Gasteiger partial charge in [-0.2, -0.15) is 0 Å². The number of nitrogens with two attached hydrogens (primary N) is 1. The predicted molar refractivity (Wildman–Crippen MR) is 91.9 cm³/mol. The molecule has 2 amide bonds. The number of amides is 2. The average Bonchev–Trinajstić information content (AvgIpc) is 2.54. The first-order valence-electron chi connectivity index (χ1n) is 7.69. The zero-order valence-electron chi connectivity index (χ0n) is 13.0. The van der Waals surface area contributed by atoms with Gasteiger partial charge in [0, 0.05) is 19.7 Å². The second-order valence-electron chi connectivity index (χ2n) is 5.33. The van der Waals surface area contributed by atoms with E-state index in [2.05, 4.69) is 10.6 Å². The summed E-state index contributed by atoms with van der Waals surface area (Å²) in [7, 11) is 0. The molecular weight excluding hydrogens is 318 g/mol. The Bertz CT molecular complexity index is 519. The number of ether oxygens (including phenoxy) is 1. The van der Waals surface area contributed by atoms with Crippen LogP contribution in [0.3, 0.4) is 0 Å². The first-order valence-corrected chi connectivity index (χ1v) is 7.69. The molecule has 7 heteroatoms. The van der Waals surface area contributed by atoms with E-state index in [1.54, 1.807) is 24.3 Å². The maximum absolute atomic E-state index is 12.1. The Morgan fingerprint density at radius 3 is 2.74 bits per heavy atom. The van der Waals surface area contributed by atoms with Crippen molar-refractivity contribution < 1.29 is 14.3 Å². The fraction of sp³-hybridized carbons (Fsp3) is 0.500. The largest absolute Gasteiger partial charge is 0.378 e. The summed E-state index contributed by atoms with van der Waals surface area (Å²) in [6.07, 6.45) is 3.36. The number of hydrogen-bond donors (Lipinski definition) is 3.